The molecule has 5 rings (SSSR count). The summed E-state index contributed by atoms with van der Waals surface area (Å²) in [6, 6.07) is 17.0. The molecule has 1 aliphatic heterocycles. The van der Waals surface area contributed by atoms with Gasteiger partial charge < -0.3 is 0 Å². The van der Waals surface area contributed by atoms with Crippen LogP contribution in [-0.2, 0) is 4.79 Å². The average molecular weight is 508 g/mol. The summed E-state index contributed by atoms with van der Waals surface area (Å²) in [5, 5.41) is 10.2. The molecule has 0 bridgehead atoms. The van der Waals surface area contributed by atoms with Crippen molar-refractivity contribution in [2.24, 2.45) is 0 Å². The van der Waals surface area contributed by atoms with E-state index in [0.29, 0.717) is 51.4 Å². The van der Waals surface area contributed by atoms with Gasteiger partial charge in [0.05, 0.1) is 22.6 Å². The second-order valence-corrected chi connectivity index (χ2v) is 9.35. The first-order chi connectivity index (χ1) is 17.0. The molecule has 3 heterocycles. The molecule has 4 aromatic rings. The number of para-hydroxylation sites is 2. The fourth-order valence-electron chi connectivity index (χ4n) is 4.47. The van der Waals surface area contributed by atoms with Gasteiger partial charge in [-0.3, -0.25) is 14.6 Å². The van der Waals surface area contributed by atoms with Crippen molar-refractivity contribution >= 4 is 35.0 Å². The van der Waals surface area contributed by atoms with Crippen LogP contribution in [0.2, 0.25) is 5.15 Å². The first kappa shape index (κ1) is 23.3. The molecular weight excluding hydrogens is 484 g/mol. The van der Waals surface area contributed by atoms with Gasteiger partial charge in [0, 0.05) is 11.5 Å². The number of thioether (sulfide) groups is 1. The Balaban J connectivity index is 1.84. The molecule has 0 saturated heterocycles. The van der Waals surface area contributed by atoms with Crippen molar-refractivity contribution in [1.82, 2.24) is 19.9 Å². The van der Waals surface area contributed by atoms with E-state index < -0.39 is 6.17 Å². The van der Waals surface area contributed by atoms with Crippen LogP contribution >= 0.6 is 23.4 Å². The summed E-state index contributed by atoms with van der Waals surface area (Å²) in [5.74, 6) is -0.0844. The minimum absolute atomic E-state index is 0.0844. The molecule has 2 aromatic carbocycles. The molecule has 1 aliphatic rings. The van der Waals surface area contributed by atoms with Gasteiger partial charge in [0.15, 0.2) is 0 Å². The number of hydrogen-bond donors (Lipinski definition) is 1. The van der Waals surface area contributed by atoms with E-state index in [1.54, 1.807) is 14.3 Å². The maximum absolute atomic E-state index is 13.6. The van der Waals surface area contributed by atoms with Gasteiger partial charge in [-0.2, -0.15) is 5.10 Å². The molecule has 1 atom stereocenters. The van der Waals surface area contributed by atoms with E-state index in [1.807, 2.05) is 74.7 Å². The summed E-state index contributed by atoms with van der Waals surface area (Å²) in [4.78, 5) is 31.5. The number of aromatic amines is 1. The average Bonchev–Trinajstić information content (AvgIpc) is 3.16. The van der Waals surface area contributed by atoms with Gasteiger partial charge in [0.25, 0.3) is 6.17 Å². The highest BCUT2D eigenvalue weighted by Gasteiger charge is 2.48. The second-order valence-electron chi connectivity index (χ2n) is 8.20. The molecule has 35 heavy (non-hydrogen) atoms. The first-order valence-corrected chi connectivity index (χ1v) is 12.9. The minimum atomic E-state index is -0.780. The van der Waals surface area contributed by atoms with E-state index in [9.17, 15) is 9.59 Å². The highest BCUT2D eigenvalue weighted by Crippen LogP contribution is 2.40. The minimum Gasteiger partial charge on any atom is -0.291 e. The molecule has 178 valence electrons. The van der Waals surface area contributed by atoms with E-state index in [-0.39, 0.29) is 11.5 Å². The van der Waals surface area contributed by atoms with Crippen LogP contribution in [0.1, 0.15) is 37.2 Å². The molecule has 1 unspecified atom stereocenters. The standard InChI is InChI=1S/C25H23ClN6O2S/c1-4-10-19(33)30-18-14-9-8-13-17(18)21-23(34)27-25(35-3)29-32(21)24(30)20-15(2)28-31(22(20)26)16-11-6-5-7-12-16/h5-9,11-14,24H,4,10H2,1-3H3/p+1. The number of carbonyl (C=O) groups excluding carboxylic acids is 1. The lowest BCUT2D eigenvalue weighted by Crippen LogP contribution is -2.61. The smallest absolute Gasteiger partial charge is 0.291 e. The number of amides is 1. The van der Waals surface area contributed by atoms with Crippen molar-refractivity contribution in [2.75, 3.05) is 11.2 Å². The van der Waals surface area contributed by atoms with Gasteiger partial charge in [-0.25, -0.2) is 9.58 Å². The summed E-state index contributed by atoms with van der Waals surface area (Å²) >= 11 is 8.30. The number of benzene rings is 2. The number of rotatable bonds is 5. The predicted molar refractivity (Wildman–Crippen MR) is 136 cm³/mol. The Morgan fingerprint density at radius 3 is 2.60 bits per heavy atom. The molecule has 0 saturated carbocycles. The molecule has 1 N–H and O–H groups in total. The van der Waals surface area contributed by atoms with Crippen molar-refractivity contribution in [3.8, 4) is 16.9 Å². The molecule has 0 fully saturated rings. The number of nitrogens with zero attached hydrogens (tertiary/aromatic N) is 5. The predicted octanol–water partition coefficient (Wildman–Crippen LogP) is 4.29. The van der Waals surface area contributed by atoms with Gasteiger partial charge in [-0.1, -0.05) is 60.6 Å². The fourth-order valence-corrected chi connectivity index (χ4v) is 5.21. The lowest BCUT2D eigenvalue weighted by atomic mass is 10.0. The molecule has 0 aliphatic carbocycles. The molecule has 1 amide bonds. The molecule has 2 aromatic heterocycles. The summed E-state index contributed by atoms with van der Waals surface area (Å²) in [5.41, 5.74) is 3.42. The second kappa shape index (κ2) is 9.31. The van der Waals surface area contributed by atoms with Gasteiger partial charge in [0.2, 0.25) is 11.1 Å². The molecular formula is C25H24ClN6O2S+. The zero-order chi connectivity index (χ0) is 24.7. The van der Waals surface area contributed by atoms with Gasteiger partial charge in [-0.15, -0.1) is 0 Å². The third kappa shape index (κ3) is 3.84. The normalized spacial score (nSPS) is 14.5. The zero-order valence-corrected chi connectivity index (χ0v) is 21.1. The number of carbonyl (C=O) groups is 1. The Labute approximate surface area is 211 Å². The van der Waals surface area contributed by atoms with Crippen LogP contribution in [0.5, 0.6) is 0 Å². The van der Waals surface area contributed by atoms with E-state index >= 15 is 0 Å². The monoisotopic (exact) mass is 507 g/mol. The number of halogens is 1. The van der Waals surface area contributed by atoms with Crippen molar-refractivity contribution < 1.29 is 9.48 Å². The Bertz CT molecular complexity index is 1480. The topological polar surface area (TPSA) is 87.8 Å². The largest absolute Gasteiger partial charge is 0.325 e. The zero-order valence-electron chi connectivity index (χ0n) is 19.5. The van der Waals surface area contributed by atoms with Crippen LogP contribution in [0.4, 0.5) is 5.69 Å². The summed E-state index contributed by atoms with van der Waals surface area (Å²) in [6.07, 6.45) is 2.07. The van der Waals surface area contributed by atoms with Crippen LogP contribution in [0.3, 0.4) is 0 Å². The quantitative estimate of drug-likeness (QED) is 0.321. The van der Waals surface area contributed by atoms with Gasteiger partial charge >= 0.3 is 11.3 Å². The summed E-state index contributed by atoms with van der Waals surface area (Å²) < 4.78 is 3.27. The number of nitrogens with one attached hydrogen (secondary N) is 1. The van der Waals surface area contributed by atoms with Gasteiger partial charge in [-0.05, 0) is 48.5 Å². The lowest BCUT2D eigenvalue weighted by molar-refractivity contribution is -0.763. The Morgan fingerprint density at radius 1 is 1.17 bits per heavy atom. The van der Waals surface area contributed by atoms with Crippen LogP contribution < -0.4 is 15.1 Å². The highest BCUT2D eigenvalue weighted by atomic mass is 35.5. The number of aromatic nitrogens is 5. The third-order valence-electron chi connectivity index (χ3n) is 5.99. The molecule has 8 nitrogen and oxygen atoms in total. The van der Waals surface area contributed by atoms with Crippen molar-refractivity contribution in [3.63, 3.8) is 0 Å². The Kier molecular flexibility index (Phi) is 6.21. The molecule has 0 radical (unpaired) electrons. The third-order valence-corrected chi connectivity index (χ3v) is 6.93. The van der Waals surface area contributed by atoms with E-state index in [4.69, 9.17) is 21.8 Å². The van der Waals surface area contributed by atoms with Crippen LogP contribution in [0, 0.1) is 6.92 Å². The SMILES string of the molecule is CCCC(=O)N1c2ccccc2-c2c(=O)[nH]c(SC)n[n+]2C1c1c(C)nn(-c2ccccc2)c1Cl. The summed E-state index contributed by atoms with van der Waals surface area (Å²) in [7, 11) is 0. The van der Waals surface area contributed by atoms with E-state index in [0.717, 1.165) is 5.69 Å². The maximum Gasteiger partial charge on any atom is 0.325 e. The van der Waals surface area contributed by atoms with Crippen molar-refractivity contribution in [1.29, 1.82) is 0 Å². The Morgan fingerprint density at radius 2 is 1.89 bits per heavy atom. The first-order valence-electron chi connectivity index (χ1n) is 11.3. The lowest BCUT2D eigenvalue weighted by Gasteiger charge is -2.32. The highest BCUT2D eigenvalue weighted by molar-refractivity contribution is 7.98. The number of anilines is 1. The van der Waals surface area contributed by atoms with E-state index in [2.05, 4.69) is 4.98 Å². The van der Waals surface area contributed by atoms with E-state index in [1.165, 1.54) is 11.8 Å². The van der Waals surface area contributed by atoms with Crippen LogP contribution in [0.15, 0.2) is 64.5 Å². The van der Waals surface area contributed by atoms with Gasteiger partial charge in [0.1, 0.15) is 10.7 Å². The number of fused-ring (bicyclic) bond motifs is 3. The molecule has 10 heteroatoms. The van der Waals surface area contributed by atoms with Crippen LogP contribution in [-0.4, -0.2) is 32.0 Å². The van der Waals surface area contributed by atoms with Crippen molar-refractivity contribution in [3.05, 3.63) is 81.4 Å². The maximum atomic E-state index is 13.6. The number of H-pyrrole nitrogens is 1. The number of hydrogen-bond acceptors (Lipinski definition) is 5. The number of aryl methyl sites for hydroxylation is 1. The summed E-state index contributed by atoms with van der Waals surface area (Å²) in [6.45, 7) is 3.82. The van der Waals surface area contributed by atoms with Crippen molar-refractivity contribution in [2.45, 2.75) is 38.0 Å². The van der Waals surface area contributed by atoms with Crippen LogP contribution in [0.25, 0.3) is 16.9 Å². The Hall–Kier alpha value is -3.43. The fraction of sp³-hybridized carbons (Fsp3) is 0.240. The molecule has 0 spiro atoms.